The topological polar surface area (TPSA) is 88.8 Å². The zero-order chi connectivity index (χ0) is 31.0. The van der Waals surface area contributed by atoms with Crippen LogP contribution in [-0.2, 0) is 17.8 Å². The van der Waals surface area contributed by atoms with Crippen molar-refractivity contribution in [1.29, 1.82) is 5.26 Å². The molecule has 1 amide bonds. The van der Waals surface area contributed by atoms with E-state index in [1.54, 1.807) is 4.90 Å². The van der Waals surface area contributed by atoms with Gasteiger partial charge in [-0.15, -0.1) is 0 Å². The number of nitrogens with zero attached hydrogens (tertiary/aromatic N) is 7. The summed E-state index contributed by atoms with van der Waals surface area (Å²) in [6.45, 7) is 9.87. The number of rotatable bonds is 7. The van der Waals surface area contributed by atoms with E-state index in [1.165, 1.54) is 6.07 Å². The molecule has 3 aromatic rings. The predicted octanol–water partition coefficient (Wildman–Crippen LogP) is 4.95. The maximum absolute atomic E-state index is 14.7. The number of anilines is 2. The van der Waals surface area contributed by atoms with Gasteiger partial charge >= 0.3 is 6.01 Å². The first kappa shape index (κ1) is 30.3. The van der Waals surface area contributed by atoms with Crippen LogP contribution < -0.4 is 14.5 Å². The lowest BCUT2D eigenvalue weighted by Crippen LogP contribution is -2.55. The number of carbonyl (C=O) groups is 1. The van der Waals surface area contributed by atoms with E-state index >= 15 is 0 Å². The highest BCUT2D eigenvalue weighted by atomic mass is 79.9. The number of fused-ring (bicyclic) bond motifs is 2. The number of nitriles is 1. The highest BCUT2D eigenvalue weighted by Gasteiger charge is 2.34. The number of aromatic nitrogens is 2. The maximum atomic E-state index is 14.7. The molecule has 0 spiro atoms. The van der Waals surface area contributed by atoms with Crippen LogP contribution >= 0.6 is 15.9 Å². The average molecular weight is 663 g/mol. The second kappa shape index (κ2) is 12.7. The second-order valence-corrected chi connectivity index (χ2v) is 12.9. The lowest BCUT2D eigenvalue weighted by Gasteiger charge is -2.42. The fraction of sp³-hybridized carbons (Fsp3) is 0.455. The number of hydrogen-bond donors (Lipinski definition) is 0. The Labute approximate surface area is 266 Å². The minimum absolute atomic E-state index is 0.197. The third-order valence-corrected chi connectivity index (χ3v) is 9.60. The number of likely N-dealkylation sites (tertiary alicyclic amines) is 1. The van der Waals surface area contributed by atoms with Gasteiger partial charge in [0.15, 0.2) is 0 Å². The Hall–Kier alpha value is -3.75. The molecule has 9 nitrogen and oxygen atoms in total. The molecular weight excluding hydrogens is 625 g/mol. The molecule has 230 valence electrons. The van der Waals surface area contributed by atoms with Gasteiger partial charge in [-0.25, -0.2) is 4.39 Å². The van der Waals surface area contributed by atoms with Crippen LogP contribution in [0.1, 0.15) is 36.1 Å². The number of carbonyl (C=O) groups excluding carboxylic acids is 1. The number of ether oxygens (including phenoxy) is 1. The summed E-state index contributed by atoms with van der Waals surface area (Å²) in [5, 5.41) is 11.5. The van der Waals surface area contributed by atoms with Gasteiger partial charge in [-0.2, -0.15) is 15.2 Å². The SMILES string of the molecule is C=C(Br)C(=O)N1CCN(c2nc(OC[C@@H]3CCCN3C)nc3c2CCN(c2cccc4ccc(F)c(C)c24)C3)C[C@@H]1CC#N. The third-order valence-electron chi connectivity index (χ3n) is 9.26. The Morgan fingerprint density at radius 1 is 1.16 bits per heavy atom. The van der Waals surface area contributed by atoms with Gasteiger partial charge in [0, 0.05) is 48.9 Å². The first-order chi connectivity index (χ1) is 21.2. The van der Waals surface area contributed by atoms with Crippen LogP contribution in [0.15, 0.2) is 41.4 Å². The normalized spacial score (nSPS) is 20.5. The summed E-state index contributed by atoms with van der Waals surface area (Å²) in [5.41, 5.74) is 3.55. The highest BCUT2D eigenvalue weighted by molar-refractivity contribution is 9.12. The van der Waals surface area contributed by atoms with E-state index in [-0.39, 0.29) is 28.7 Å². The van der Waals surface area contributed by atoms with E-state index in [4.69, 9.17) is 14.7 Å². The van der Waals surface area contributed by atoms with E-state index in [2.05, 4.69) is 56.4 Å². The van der Waals surface area contributed by atoms with E-state index in [1.807, 2.05) is 25.1 Å². The molecule has 44 heavy (non-hydrogen) atoms. The molecule has 2 atom stereocenters. The summed E-state index contributed by atoms with van der Waals surface area (Å²) in [4.78, 5) is 31.2. The number of piperazine rings is 1. The van der Waals surface area contributed by atoms with Gasteiger partial charge < -0.3 is 24.3 Å². The van der Waals surface area contributed by atoms with Crippen LogP contribution in [0.5, 0.6) is 6.01 Å². The lowest BCUT2D eigenvalue weighted by atomic mass is 9.99. The molecule has 0 saturated carbocycles. The van der Waals surface area contributed by atoms with E-state index in [9.17, 15) is 14.4 Å². The van der Waals surface area contributed by atoms with Gasteiger partial charge in [-0.05, 0) is 78.8 Å². The summed E-state index contributed by atoms with van der Waals surface area (Å²) >= 11 is 3.22. The van der Waals surface area contributed by atoms with Crippen LogP contribution in [-0.4, -0.2) is 84.1 Å². The summed E-state index contributed by atoms with van der Waals surface area (Å²) in [7, 11) is 2.12. The Kier molecular flexibility index (Phi) is 8.74. The lowest BCUT2D eigenvalue weighted by molar-refractivity contribution is -0.128. The quantitative estimate of drug-likeness (QED) is 0.329. The number of aryl methyl sites for hydroxylation is 1. The summed E-state index contributed by atoms with van der Waals surface area (Å²) in [5.74, 6) is 0.390. The Balaban J connectivity index is 1.35. The molecule has 1 aromatic heterocycles. The molecule has 6 rings (SSSR count). The third kappa shape index (κ3) is 5.85. The molecule has 4 heterocycles. The molecule has 2 saturated heterocycles. The van der Waals surface area contributed by atoms with E-state index in [0.29, 0.717) is 56.8 Å². The minimum Gasteiger partial charge on any atom is -0.462 e. The van der Waals surface area contributed by atoms with Gasteiger partial charge in [0.25, 0.3) is 5.91 Å². The molecule has 0 radical (unpaired) electrons. The molecule has 2 aromatic carbocycles. The first-order valence-electron chi connectivity index (χ1n) is 15.2. The number of hydrogen-bond acceptors (Lipinski definition) is 8. The van der Waals surface area contributed by atoms with Crippen LogP contribution in [0.3, 0.4) is 0 Å². The van der Waals surface area contributed by atoms with Crippen molar-refractivity contribution >= 4 is 44.1 Å². The van der Waals surface area contributed by atoms with Gasteiger partial charge in [0.05, 0.1) is 35.3 Å². The van der Waals surface area contributed by atoms with Crippen molar-refractivity contribution in [2.75, 3.05) is 56.2 Å². The standard InChI is InChI=1S/C33H37BrFN7O2/c1-21-27(35)10-9-23-6-4-8-29(30(21)23)40-15-12-26-28(19-40)37-33(44-20-25-7-5-14-39(25)3)38-31(26)41-16-17-42(32(43)22(2)34)24(18-41)11-13-36/h4,6,8-10,24-25H,2,5,7,11-12,14-20H2,1,3H3/t24-,25-/m0/s1. The van der Waals surface area contributed by atoms with Crippen LogP contribution in [0.2, 0.25) is 0 Å². The number of benzene rings is 2. The molecule has 0 unspecified atom stereocenters. The number of likely N-dealkylation sites (N-methyl/N-ethyl adjacent to an activating group) is 1. The maximum Gasteiger partial charge on any atom is 0.318 e. The summed E-state index contributed by atoms with van der Waals surface area (Å²) in [6.07, 6.45) is 3.12. The fourth-order valence-corrected chi connectivity index (χ4v) is 7.04. The van der Waals surface area contributed by atoms with Crippen LogP contribution in [0.25, 0.3) is 10.8 Å². The number of halogens is 2. The molecule has 11 heteroatoms. The Bertz CT molecular complexity index is 1640. The minimum atomic E-state index is -0.300. The van der Waals surface area contributed by atoms with Crippen molar-refractivity contribution in [2.24, 2.45) is 0 Å². The second-order valence-electron chi connectivity index (χ2n) is 11.9. The van der Waals surface area contributed by atoms with Crippen molar-refractivity contribution in [1.82, 2.24) is 19.8 Å². The van der Waals surface area contributed by atoms with Crippen molar-refractivity contribution in [2.45, 2.75) is 51.2 Å². The first-order valence-corrected chi connectivity index (χ1v) is 16.0. The zero-order valence-electron chi connectivity index (χ0n) is 25.2. The van der Waals surface area contributed by atoms with E-state index in [0.717, 1.165) is 59.5 Å². The monoisotopic (exact) mass is 661 g/mol. The summed E-state index contributed by atoms with van der Waals surface area (Å²) < 4.78 is 21.2. The Morgan fingerprint density at radius 3 is 2.75 bits per heavy atom. The average Bonchev–Trinajstić information content (AvgIpc) is 3.44. The molecule has 0 N–H and O–H groups in total. The molecular formula is C33H37BrFN7O2. The van der Waals surface area contributed by atoms with Gasteiger partial charge in [-0.1, -0.05) is 24.8 Å². The van der Waals surface area contributed by atoms with Crippen LogP contribution in [0.4, 0.5) is 15.9 Å². The van der Waals surface area contributed by atoms with Crippen molar-refractivity contribution in [3.8, 4) is 12.1 Å². The van der Waals surface area contributed by atoms with Crippen molar-refractivity contribution < 1.29 is 13.9 Å². The smallest absolute Gasteiger partial charge is 0.318 e. The van der Waals surface area contributed by atoms with E-state index < -0.39 is 0 Å². The van der Waals surface area contributed by atoms with Gasteiger partial charge in [0.1, 0.15) is 18.2 Å². The van der Waals surface area contributed by atoms with Gasteiger partial charge in [0.2, 0.25) is 0 Å². The fourth-order valence-electron chi connectivity index (χ4n) is 6.81. The van der Waals surface area contributed by atoms with Crippen molar-refractivity contribution in [3.63, 3.8) is 0 Å². The molecule has 2 fully saturated rings. The van der Waals surface area contributed by atoms with Crippen LogP contribution in [0, 0.1) is 24.1 Å². The molecule has 0 bridgehead atoms. The van der Waals surface area contributed by atoms with Gasteiger partial charge in [-0.3, -0.25) is 4.79 Å². The molecule has 0 aliphatic carbocycles. The Morgan fingerprint density at radius 2 is 2.00 bits per heavy atom. The zero-order valence-corrected chi connectivity index (χ0v) is 26.8. The molecule has 3 aliphatic heterocycles. The highest BCUT2D eigenvalue weighted by Crippen LogP contribution is 2.36. The summed E-state index contributed by atoms with van der Waals surface area (Å²) in [6, 6.07) is 12.0. The largest absolute Gasteiger partial charge is 0.462 e. The molecule has 3 aliphatic rings. The van der Waals surface area contributed by atoms with Crippen molar-refractivity contribution in [3.05, 3.63) is 64.0 Å². The number of amides is 1. The predicted molar refractivity (Wildman–Crippen MR) is 173 cm³/mol.